The van der Waals surface area contributed by atoms with E-state index in [9.17, 15) is 4.79 Å². The zero-order valence-corrected chi connectivity index (χ0v) is 15.6. The standard InChI is InChI=1S/C20H23N3O2S/c24-19(20-6-12-3-13(7-20)5-14(4-12)8-20)23-9-16(10-23)18-21-17(22-25-18)15-1-2-26-11-15/h1-2,11-14,16H,3-10H2. The van der Waals surface area contributed by atoms with Gasteiger partial charge in [0.25, 0.3) is 0 Å². The Morgan fingerprint density at radius 2 is 1.85 bits per heavy atom. The average molecular weight is 369 g/mol. The molecule has 136 valence electrons. The molecule has 0 spiro atoms. The van der Waals surface area contributed by atoms with Gasteiger partial charge in [0.1, 0.15) is 0 Å². The molecule has 5 aliphatic rings. The summed E-state index contributed by atoms with van der Waals surface area (Å²) < 4.78 is 5.48. The molecule has 5 fully saturated rings. The fourth-order valence-electron chi connectivity index (χ4n) is 6.42. The number of nitrogens with zero attached hydrogens (tertiary/aromatic N) is 3. The van der Waals surface area contributed by atoms with E-state index < -0.39 is 0 Å². The number of thiophene rings is 1. The first-order chi connectivity index (χ1) is 12.7. The molecule has 0 radical (unpaired) electrons. The van der Waals surface area contributed by atoms with Gasteiger partial charge in [0.15, 0.2) is 0 Å². The van der Waals surface area contributed by atoms with Crippen LogP contribution in [-0.2, 0) is 4.79 Å². The fourth-order valence-corrected chi connectivity index (χ4v) is 7.05. The highest BCUT2D eigenvalue weighted by molar-refractivity contribution is 7.08. The van der Waals surface area contributed by atoms with Crippen molar-refractivity contribution in [2.24, 2.45) is 23.2 Å². The molecular weight excluding hydrogens is 346 g/mol. The van der Waals surface area contributed by atoms with Gasteiger partial charge in [0, 0.05) is 24.0 Å². The van der Waals surface area contributed by atoms with Gasteiger partial charge in [-0.25, -0.2) is 0 Å². The molecule has 1 saturated heterocycles. The SMILES string of the molecule is O=C(N1CC(c2nc(-c3ccsc3)no2)C1)C12CC3CC(CC(C3)C1)C2. The van der Waals surface area contributed by atoms with Crippen LogP contribution in [0.15, 0.2) is 21.3 Å². The fraction of sp³-hybridized carbons (Fsp3) is 0.650. The number of amides is 1. The Bertz CT molecular complexity index is 802. The highest BCUT2D eigenvalue weighted by Crippen LogP contribution is 2.60. The minimum Gasteiger partial charge on any atom is -0.340 e. The van der Waals surface area contributed by atoms with Crippen LogP contribution in [0.2, 0.25) is 0 Å². The Labute approximate surface area is 156 Å². The normalized spacial score (nSPS) is 35.7. The first kappa shape index (κ1) is 15.4. The number of carbonyl (C=O) groups is 1. The van der Waals surface area contributed by atoms with Crippen LogP contribution in [0.3, 0.4) is 0 Å². The number of likely N-dealkylation sites (tertiary alicyclic amines) is 1. The second-order valence-electron chi connectivity index (χ2n) is 9.07. The Morgan fingerprint density at radius 1 is 1.15 bits per heavy atom. The quantitative estimate of drug-likeness (QED) is 0.822. The van der Waals surface area contributed by atoms with Gasteiger partial charge in [-0.15, -0.1) is 0 Å². The second kappa shape index (κ2) is 5.41. The maximum absolute atomic E-state index is 13.3. The third-order valence-electron chi connectivity index (χ3n) is 7.23. The van der Waals surface area contributed by atoms with E-state index in [2.05, 4.69) is 15.0 Å². The third-order valence-corrected chi connectivity index (χ3v) is 7.91. The molecule has 2 aromatic rings. The van der Waals surface area contributed by atoms with E-state index in [1.807, 2.05) is 16.8 Å². The maximum Gasteiger partial charge on any atom is 0.233 e. The summed E-state index contributed by atoms with van der Waals surface area (Å²) in [7, 11) is 0. The maximum atomic E-state index is 13.3. The number of carbonyl (C=O) groups excluding carboxylic acids is 1. The molecule has 0 unspecified atom stereocenters. The predicted molar refractivity (Wildman–Crippen MR) is 97.5 cm³/mol. The summed E-state index contributed by atoms with van der Waals surface area (Å²) in [5, 5.41) is 8.14. The first-order valence-electron chi connectivity index (χ1n) is 9.84. The van der Waals surface area contributed by atoms with Crippen LogP contribution in [0, 0.1) is 23.2 Å². The zero-order chi connectivity index (χ0) is 17.3. The summed E-state index contributed by atoms with van der Waals surface area (Å²) in [6.07, 6.45) is 7.55. The van der Waals surface area contributed by atoms with Crippen molar-refractivity contribution in [1.82, 2.24) is 15.0 Å². The van der Waals surface area contributed by atoms with Crippen LogP contribution in [0.4, 0.5) is 0 Å². The van der Waals surface area contributed by atoms with E-state index >= 15 is 0 Å². The van der Waals surface area contributed by atoms with E-state index in [0.29, 0.717) is 17.6 Å². The number of rotatable bonds is 3. The number of hydrogen-bond donors (Lipinski definition) is 0. The van der Waals surface area contributed by atoms with Gasteiger partial charge in [-0.1, -0.05) is 5.16 Å². The highest BCUT2D eigenvalue weighted by Gasteiger charge is 2.56. The molecule has 7 rings (SSSR count). The summed E-state index contributed by atoms with van der Waals surface area (Å²) in [4.78, 5) is 19.9. The lowest BCUT2D eigenvalue weighted by molar-refractivity contribution is -0.162. The smallest absolute Gasteiger partial charge is 0.233 e. The molecule has 0 N–H and O–H groups in total. The van der Waals surface area contributed by atoms with Gasteiger partial charge in [-0.05, 0) is 67.7 Å². The summed E-state index contributed by atoms with van der Waals surface area (Å²) in [6, 6.07) is 2.00. The van der Waals surface area contributed by atoms with Crippen molar-refractivity contribution in [2.75, 3.05) is 13.1 Å². The molecule has 0 aromatic carbocycles. The minimum atomic E-state index is -0.0313. The van der Waals surface area contributed by atoms with E-state index in [1.165, 1.54) is 19.3 Å². The molecule has 26 heavy (non-hydrogen) atoms. The van der Waals surface area contributed by atoms with Gasteiger partial charge in [-0.3, -0.25) is 4.79 Å². The third kappa shape index (κ3) is 2.24. The van der Waals surface area contributed by atoms with Gasteiger partial charge in [0.2, 0.25) is 17.6 Å². The predicted octanol–water partition coefficient (Wildman–Crippen LogP) is 3.94. The average Bonchev–Trinajstić information content (AvgIpc) is 3.23. The summed E-state index contributed by atoms with van der Waals surface area (Å²) >= 11 is 1.63. The van der Waals surface area contributed by atoms with Crippen molar-refractivity contribution in [1.29, 1.82) is 0 Å². The van der Waals surface area contributed by atoms with Crippen LogP contribution in [0.5, 0.6) is 0 Å². The zero-order valence-electron chi connectivity index (χ0n) is 14.8. The van der Waals surface area contributed by atoms with Gasteiger partial charge in [-0.2, -0.15) is 16.3 Å². The van der Waals surface area contributed by atoms with Crippen molar-refractivity contribution < 1.29 is 9.32 Å². The molecule has 3 heterocycles. The molecule has 2 aromatic heterocycles. The Balaban J connectivity index is 1.15. The van der Waals surface area contributed by atoms with Crippen molar-refractivity contribution in [3.63, 3.8) is 0 Å². The molecule has 4 saturated carbocycles. The van der Waals surface area contributed by atoms with Crippen LogP contribution in [0.1, 0.15) is 50.3 Å². The lowest BCUT2D eigenvalue weighted by atomic mass is 9.49. The molecular formula is C20H23N3O2S. The van der Waals surface area contributed by atoms with Crippen LogP contribution < -0.4 is 0 Å². The largest absolute Gasteiger partial charge is 0.340 e. The van der Waals surface area contributed by atoms with Crippen molar-refractivity contribution >= 4 is 17.2 Å². The van der Waals surface area contributed by atoms with E-state index in [1.54, 1.807) is 11.3 Å². The van der Waals surface area contributed by atoms with Crippen molar-refractivity contribution in [3.8, 4) is 11.4 Å². The highest BCUT2D eigenvalue weighted by atomic mass is 32.1. The van der Waals surface area contributed by atoms with Gasteiger partial charge < -0.3 is 9.42 Å². The van der Waals surface area contributed by atoms with Crippen LogP contribution in [0.25, 0.3) is 11.4 Å². The Kier molecular flexibility index (Phi) is 3.20. The minimum absolute atomic E-state index is 0.0313. The van der Waals surface area contributed by atoms with Crippen LogP contribution in [-0.4, -0.2) is 34.0 Å². The summed E-state index contributed by atoms with van der Waals surface area (Å²) in [6.45, 7) is 1.48. The lowest BCUT2D eigenvalue weighted by Crippen LogP contribution is -2.59. The molecule has 1 aliphatic heterocycles. The molecule has 4 bridgehead atoms. The summed E-state index contributed by atoms with van der Waals surface area (Å²) in [5.74, 6) is 4.40. The molecule has 1 amide bonds. The van der Waals surface area contributed by atoms with E-state index in [4.69, 9.17) is 4.52 Å². The van der Waals surface area contributed by atoms with Crippen LogP contribution >= 0.6 is 11.3 Å². The number of hydrogen-bond acceptors (Lipinski definition) is 5. The molecule has 6 heteroatoms. The molecule has 5 nitrogen and oxygen atoms in total. The monoisotopic (exact) mass is 369 g/mol. The first-order valence-corrected chi connectivity index (χ1v) is 10.8. The van der Waals surface area contributed by atoms with Gasteiger partial charge >= 0.3 is 0 Å². The molecule has 4 aliphatic carbocycles. The summed E-state index contributed by atoms with van der Waals surface area (Å²) in [5.41, 5.74) is 0.974. The van der Waals surface area contributed by atoms with E-state index in [-0.39, 0.29) is 11.3 Å². The van der Waals surface area contributed by atoms with E-state index in [0.717, 1.165) is 55.7 Å². The lowest BCUT2D eigenvalue weighted by Gasteiger charge is -2.57. The number of aromatic nitrogens is 2. The second-order valence-corrected chi connectivity index (χ2v) is 9.85. The molecule has 0 atom stereocenters. The Hall–Kier alpha value is -1.69. The van der Waals surface area contributed by atoms with Crippen molar-refractivity contribution in [2.45, 2.75) is 44.4 Å². The van der Waals surface area contributed by atoms with Crippen molar-refractivity contribution in [3.05, 3.63) is 22.7 Å². The Morgan fingerprint density at radius 3 is 2.46 bits per heavy atom. The topological polar surface area (TPSA) is 59.2 Å². The van der Waals surface area contributed by atoms with Gasteiger partial charge in [0.05, 0.1) is 11.3 Å².